The van der Waals surface area contributed by atoms with Gasteiger partial charge in [-0.3, -0.25) is 9.36 Å². The van der Waals surface area contributed by atoms with E-state index in [1.807, 2.05) is 66.8 Å². The number of hydrogen-bond donors (Lipinski definition) is 0. The Bertz CT molecular complexity index is 1170. The third-order valence-corrected chi connectivity index (χ3v) is 7.03. The molecule has 0 fully saturated rings. The number of carbonyl (C=O) groups excluding carboxylic acids is 1. The van der Waals surface area contributed by atoms with E-state index in [0.717, 1.165) is 22.2 Å². The number of rotatable bonds is 7. The van der Waals surface area contributed by atoms with Crippen molar-refractivity contribution in [2.45, 2.75) is 36.4 Å². The Hall–Kier alpha value is -2.96. The molecule has 1 aromatic carbocycles. The van der Waals surface area contributed by atoms with E-state index in [1.165, 1.54) is 23.5 Å². The molecular formula is C22H21N5O2S2. The lowest BCUT2D eigenvalue weighted by Gasteiger charge is -2.14. The van der Waals surface area contributed by atoms with Crippen LogP contribution in [0.2, 0.25) is 0 Å². The van der Waals surface area contributed by atoms with Crippen molar-refractivity contribution in [1.82, 2.24) is 14.8 Å². The lowest BCUT2D eigenvalue weighted by molar-refractivity contribution is -0.112. The fourth-order valence-corrected chi connectivity index (χ4v) is 5.27. The molecule has 0 N–H and O–H groups in total. The van der Waals surface area contributed by atoms with Gasteiger partial charge >= 0.3 is 0 Å². The number of Topliss-reactive ketones (excluding diaryl/α,β-unsaturated/α-hetero) is 1. The first-order chi connectivity index (χ1) is 15.0. The summed E-state index contributed by atoms with van der Waals surface area (Å²) < 4.78 is 7.44. The van der Waals surface area contributed by atoms with E-state index in [4.69, 9.17) is 4.42 Å². The number of ketones is 1. The van der Waals surface area contributed by atoms with Crippen LogP contribution in [0.25, 0.3) is 0 Å². The highest BCUT2D eigenvalue weighted by Gasteiger charge is 2.28. The molecule has 0 aliphatic carbocycles. The van der Waals surface area contributed by atoms with Crippen LogP contribution in [0.5, 0.6) is 0 Å². The summed E-state index contributed by atoms with van der Waals surface area (Å²) in [6, 6.07) is 13.7. The van der Waals surface area contributed by atoms with Gasteiger partial charge in [0.05, 0.1) is 24.2 Å². The second-order valence-electron chi connectivity index (χ2n) is 7.29. The molecule has 0 radical (unpaired) electrons. The van der Waals surface area contributed by atoms with E-state index in [-0.39, 0.29) is 23.0 Å². The number of nitrogens with zero attached hydrogens (tertiary/aromatic N) is 5. The van der Waals surface area contributed by atoms with Crippen molar-refractivity contribution >= 4 is 35.0 Å². The molecule has 0 bridgehead atoms. The summed E-state index contributed by atoms with van der Waals surface area (Å²) in [6.45, 7) is 4.58. The summed E-state index contributed by atoms with van der Waals surface area (Å²) in [4.78, 5) is 15.9. The Balaban J connectivity index is 1.54. The van der Waals surface area contributed by atoms with Crippen LogP contribution < -0.4 is 4.90 Å². The van der Waals surface area contributed by atoms with Crippen molar-refractivity contribution < 1.29 is 9.21 Å². The van der Waals surface area contributed by atoms with Gasteiger partial charge in [0.25, 0.3) is 0 Å². The molecule has 1 aliphatic heterocycles. The Morgan fingerprint density at radius 2 is 2.06 bits per heavy atom. The van der Waals surface area contributed by atoms with Crippen molar-refractivity contribution in [2.24, 2.45) is 0 Å². The maximum atomic E-state index is 13.0. The van der Waals surface area contributed by atoms with E-state index in [9.17, 15) is 10.1 Å². The number of anilines is 1. The SMILES string of the molecule is CC(C)c1nnc(SCC(=O)C(C#N)=C2Sc3ccccc3N2C)n1Cc1ccco1. The molecule has 0 saturated heterocycles. The summed E-state index contributed by atoms with van der Waals surface area (Å²) in [5.41, 5.74) is 1.16. The van der Waals surface area contributed by atoms with Gasteiger partial charge in [-0.1, -0.05) is 49.5 Å². The number of benzene rings is 1. The summed E-state index contributed by atoms with van der Waals surface area (Å²) in [6.07, 6.45) is 1.63. The van der Waals surface area contributed by atoms with Gasteiger partial charge in [0.2, 0.25) is 0 Å². The highest BCUT2D eigenvalue weighted by atomic mass is 32.2. The van der Waals surface area contributed by atoms with Gasteiger partial charge in [0.15, 0.2) is 10.9 Å². The molecule has 3 heterocycles. The minimum atomic E-state index is -0.228. The molecule has 1 aliphatic rings. The molecule has 0 atom stereocenters. The monoisotopic (exact) mass is 451 g/mol. The number of hydrogen-bond acceptors (Lipinski definition) is 8. The smallest absolute Gasteiger partial charge is 0.192 e. The van der Waals surface area contributed by atoms with E-state index in [0.29, 0.717) is 16.7 Å². The van der Waals surface area contributed by atoms with Crippen LogP contribution in [-0.4, -0.2) is 33.3 Å². The first kappa shape index (κ1) is 21.3. The molecule has 0 unspecified atom stereocenters. The summed E-state index contributed by atoms with van der Waals surface area (Å²) in [7, 11) is 1.88. The van der Waals surface area contributed by atoms with Crippen LogP contribution in [-0.2, 0) is 11.3 Å². The molecule has 0 saturated carbocycles. The average molecular weight is 452 g/mol. The van der Waals surface area contributed by atoms with Gasteiger partial charge < -0.3 is 9.32 Å². The first-order valence-corrected chi connectivity index (χ1v) is 11.6. The topological polar surface area (TPSA) is 88.0 Å². The lowest BCUT2D eigenvalue weighted by Crippen LogP contribution is -2.16. The quantitative estimate of drug-likeness (QED) is 0.291. The Kier molecular flexibility index (Phi) is 6.20. The van der Waals surface area contributed by atoms with Crippen LogP contribution in [0.3, 0.4) is 0 Å². The number of nitriles is 1. The van der Waals surface area contributed by atoms with Crippen LogP contribution >= 0.6 is 23.5 Å². The number of aromatic nitrogens is 3. The normalized spacial score (nSPS) is 14.6. The zero-order chi connectivity index (χ0) is 22.0. The second-order valence-corrected chi connectivity index (χ2v) is 9.27. The minimum Gasteiger partial charge on any atom is -0.467 e. The predicted octanol–water partition coefficient (Wildman–Crippen LogP) is 4.68. The van der Waals surface area contributed by atoms with E-state index in [2.05, 4.69) is 16.3 Å². The van der Waals surface area contributed by atoms with Crippen molar-refractivity contribution in [3.8, 4) is 6.07 Å². The molecule has 3 aromatic rings. The van der Waals surface area contributed by atoms with E-state index in [1.54, 1.807) is 6.26 Å². The number of thioether (sulfide) groups is 2. The maximum absolute atomic E-state index is 13.0. The van der Waals surface area contributed by atoms with Crippen LogP contribution in [0.15, 0.2) is 67.7 Å². The number of carbonyl (C=O) groups is 1. The molecule has 158 valence electrons. The van der Waals surface area contributed by atoms with Gasteiger partial charge in [0.1, 0.15) is 28.3 Å². The van der Waals surface area contributed by atoms with Crippen LogP contribution in [0.4, 0.5) is 5.69 Å². The number of furan rings is 1. The largest absolute Gasteiger partial charge is 0.467 e. The molecule has 0 spiro atoms. The fourth-order valence-electron chi connectivity index (χ4n) is 3.29. The Morgan fingerprint density at radius 1 is 1.26 bits per heavy atom. The maximum Gasteiger partial charge on any atom is 0.192 e. The van der Waals surface area contributed by atoms with Crippen molar-refractivity contribution in [3.63, 3.8) is 0 Å². The molecule has 4 rings (SSSR count). The predicted molar refractivity (Wildman–Crippen MR) is 121 cm³/mol. The molecule has 9 heteroatoms. The Labute approximate surface area is 189 Å². The highest BCUT2D eigenvalue weighted by Crippen LogP contribution is 2.46. The average Bonchev–Trinajstić information content (AvgIpc) is 3.48. The lowest BCUT2D eigenvalue weighted by atomic mass is 10.2. The molecule has 7 nitrogen and oxygen atoms in total. The van der Waals surface area contributed by atoms with Gasteiger partial charge in [-0.2, -0.15) is 5.26 Å². The third-order valence-electron chi connectivity index (χ3n) is 4.83. The zero-order valence-electron chi connectivity index (χ0n) is 17.4. The van der Waals surface area contributed by atoms with Crippen molar-refractivity contribution in [2.75, 3.05) is 17.7 Å². The minimum absolute atomic E-state index is 0.103. The summed E-state index contributed by atoms with van der Waals surface area (Å²) in [5.74, 6) is 1.66. The van der Waals surface area contributed by atoms with Crippen molar-refractivity contribution in [1.29, 1.82) is 5.26 Å². The van der Waals surface area contributed by atoms with Crippen molar-refractivity contribution in [3.05, 3.63) is 64.8 Å². The van der Waals surface area contributed by atoms with Gasteiger partial charge in [-0.25, -0.2) is 0 Å². The molecule has 2 aromatic heterocycles. The standard InChI is InChI=1S/C22H21N5O2S2/c1-14(2)20-24-25-22(27(20)12-15-7-6-10-29-15)30-13-18(28)16(11-23)21-26(3)17-8-4-5-9-19(17)31-21/h4-10,14H,12-13H2,1-3H3. The van der Waals surface area contributed by atoms with Gasteiger partial charge in [0, 0.05) is 17.9 Å². The molecule has 0 amide bonds. The Morgan fingerprint density at radius 3 is 2.74 bits per heavy atom. The van der Waals surface area contributed by atoms with Gasteiger partial charge in [-0.05, 0) is 24.3 Å². The number of para-hydroxylation sites is 1. The fraction of sp³-hybridized carbons (Fsp3) is 0.273. The van der Waals surface area contributed by atoms with E-state index >= 15 is 0 Å². The number of allylic oxidation sites excluding steroid dienone is 1. The summed E-state index contributed by atoms with van der Waals surface area (Å²) >= 11 is 2.74. The first-order valence-electron chi connectivity index (χ1n) is 9.76. The van der Waals surface area contributed by atoms with E-state index < -0.39 is 0 Å². The van der Waals surface area contributed by atoms with Crippen LogP contribution in [0.1, 0.15) is 31.4 Å². The van der Waals surface area contributed by atoms with Gasteiger partial charge in [-0.15, -0.1) is 10.2 Å². The zero-order valence-corrected chi connectivity index (χ0v) is 19.0. The molecular weight excluding hydrogens is 430 g/mol. The number of fused-ring (bicyclic) bond motifs is 1. The summed E-state index contributed by atoms with van der Waals surface area (Å²) in [5, 5.41) is 19.6. The second kappa shape index (κ2) is 9.04. The van der Waals surface area contributed by atoms with Crippen LogP contribution in [0, 0.1) is 11.3 Å². The highest BCUT2D eigenvalue weighted by molar-refractivity contribution is 8.03. The third kappa shape index (κ3) is 4.27. The molecule has 31 heavy (non-hydrogen) atoms.